The lowest BCUT2D eigenvalue weighted by Crippen LogP contribution is -2.44. The van der Waals surface area contributed by atoms with E-state index in [0.29, 0.717) is 42.9 Å². The van der Waals surface area contributed by atoms with Gasteiger partial charge in [-0.25, -0.2) is 0 Å². The Labute approximate surface area is 266 Å². The number of amides is 2. The lowest BCUT2D eigenvalue weighted by Gasteiger charge is -2.28. The zero-order chi connectivity index (χ0) is 31.6. The van der Waals surface area contributed by atoms with Crippen molar-refractivity contribution in [3.8, 4) is 0 Å². The second kappa shape index (κ2) is 10.8. The van der Waals surface area contributed by atoms with Crippen LogP contribution in [0.15, 0.2) is 104 Å². The number of aliphatic hydroxyl groups is 1. The van der Waals surface area contributed by atoms with Crippen LogP contribution in [0.4, 0.5) is 17.1 Å². The highest BCUT2D eigenvalue weighted by atomic mass is 16.5. The van der Waals surface area contributed by atoms with Gasteiger partial charge in [0.1, 0.15) is 11.8 Å². The summed E-state index contributed by atoms with van der Waals surface area (Å²) in [6.07, 6.45) is 3.70. The smallest absolute Gasteiger partial charge is 0.264 e. The van der Waals surface area contributed by atoms with Gasteiger partial charge in [0, 0.05) is 35.6 Å². The minimum Gasteiger partial charge on any atom is -0.382 e. The second-order valence-electron chi connectivity index (χ2n) is 12.3. The first-order chi connectivity index (χ1) is 22.4. The number of hydrogen-bond acceptors (Lipinski definition) is 6. The fraction of sp³-hybridized carbons (Fsp3) is 0.243. The molecule has 0 radical (unpaired) electrons. The Morgan fingerprint density at radius 3 is 2.65 bits per heavy atom. The van der Waals surface area contributed by atoms with Crippen molar-refractivity contribution in [1.82, 2.24) is 15.0 Å². The molecule has 1 aromatic heterocycles. The third-order valence-electron chi connectivity index (χ3n) is 9.66. The summed E-state index contributed by atoms with van der Waals surface area (Å²) in [5.41, 5.74) is 3.81. The minimum atomic E-state index is -1.18. The molecule has 1 N–H and O–H groups in total. The first-order valence-corrected chi connectivity index (χ1v) is 15.6. The van der Waals surface area contributed by atoms with E-state index in [1.165, 1.54) is 0 Å². The third kappa shape index (κ3) is 4.15. The van der Waals surface area contributed by atoms with E-state index in [1.54, 1.807) is 26.8 Å². The second-order valence-corrected chi connectivity index (χ2v) is 12.3. The van der Waals surface area contributed by atoms with Crippen LogP contribution < -0.4 is 9.80 Å². The van der Waals surface area contributed by atoms with E-state index in [2.05, 4.69) is 23.8 Å². The quantitative estimate of drug-likeness (QED) is 0.215. The lowest BCUT2D eigenvalue weighted by atomic mass is 9.82. The van der Waals surface area contributed by atoms with E-state index < -0.39 is 11.7 Å². The molecule has 1 fully saturated rings. The summed E-state index contributed by atoms with van der Waals surface area (Å²) >= 11 is 0. The fourth-order valence-electron chi connectivity index (χ4n) is 7.49. The number of aryl methyl sites for hydroxylation is 1. The Kier molecular flexibility index (Phi) is 6.63. The van der Waals surface area contributed by atoms with Crippen LogP contribution in [0.5, 0.6) is 0 Å². The van der Waals surface area contributed by atoms with Crippen molar-refractivity contribution in [3.05, 3.63) is 126 Å². The number of aromatic nitrogens is 3. The number of hydrogen-bond donors (Lipinski definition) is 1. The lowest BCUT2D eigenvalue weighted by molar-refractivity contribution is -0.145. The average molecular weight is 612 g/mol. The Balaban J connectivity index is 1.09. The standard InChI is InChI=1S/C37H33N5O4/c1-3-18-41-31-16-15-26(42-32-14-8-12-24-11-7-13-28(33(24)32)35(42)44)21-29(31)37(36(41)45)23(2)20-27(46-37)17-19-40-22-30(38-39-40)34(43)25-9-5-4-6-10-25/h3-16,21-23,27,34,43H,1,17-20H2,2H3/t23-,27+,34-,37+/m1/s1. The van der Waals surface area contributed by atoms with Crippen molar-refractivity contribution in [2.75, 3.05) is 16.3 Å². The van der Waals surface area contributed by atoms with Gasteiger partial charge in [0.2, 0.25) is 0 Å². The third-order valence-corrected chi connectivity index (χ3v) is 9.66. The molecule has 0 bridgehead atoms. The maximum Gasteiger partial charge on any atom is 0.264 e. The molecular formula is C37H33N5O4. The van der Waals surface area contributed by atoms with Crippen LogP contribution in [0, 0.1) is 5.92 Å². The topological polar surface area (TPSA) is 101 Å². The Morgan fingerprint density at radius 1 is 1.04 bits per heavy atom. The zero-order valence-corrected chi connectivity index (χ0v) is 25.4. The Morgan fingerprint density at radius 2 is 1.85 bits per heavy atom. The number of anilines is 3. The fourth-order valence-corrected chi connectivity index (χ4v) is 7.49. The molecule has 1 saturated heterocycles. The molecule has 4 heterocycles. The Bertz CT molecular complexity index is 2020. The number of benzene rings is 4. The van der Waals surface area contributed by atoms with Gasteiger partial charge in [0.15, 0.2) is 5.60 Å². The van der Waals surface area contributed by atoms with E-state index >= 15 is 0 Å². The summed E-state index contributed by atoms with van der Waals surface area (Å²) in [6, 6.07) is 26.9. The zero-order valence-electron chi connectivity index (χ0n) is 25.4. The van der Waals surface area contributed by atoms with Gasteiger partial charge < -0.3 is 14.7 Å². The summed E-state index contributed by atoms with van der Waals surface area (Å²) < 4.78 is 8.52. The molecule has 2 amide bonds. The number of nitrogens with zero attached hydrogens (tertiary/aromatic N) is 5. The molecular weight excluding hydrogens is 578 g/mol. The molecule has 230 valence electrons. The van der Waals surface area contributed by atoms with Gasteiger partial charge in [-0.2, -0.15) is 0 Å². The van der Waals surface area contributed by atoms with Crippen molar-refractivity contribution in [3.63, 3.8) is 0 Å². The van der Waals surface area contributed by atoms with Gasteiger partial charge in [-0.1, -0.05) is 72.8 Å². The van der Waals surface area contributed by atoms with Gasteiger partial charge >= 0.3 is 0 Å². The summed E-state index contributed by atoms with van der Waals surface area (Å²) in [5, 5.41) is 21.1. The van der Waals surface area contributed by atoms with Gasteiger partial charge in [-0.05, 0) is 54.1 Å². The van der Waals surface area contributed by atoms with Crippen LogP contribution >= 0.6 is 0 Å². The molecule has 4 aromatic carbocycles. The molecule has 3 aliphatic rings. The van der Waals surface area contributed by atoms with Crippen molar-refractivity contribution in [1.29, 1.82) is 0 Å². The van der Waals surface area contributed by atoms with Crippen LogP contribution in [-0.2, 0) is 21.7 Å². The highest BCUT2D eigenvalue weighted by molar-refractivity contribution is 6.28. The van der Waals surface area contributed by atoms with Crippen LogP contribution in [0.2, 0.25) is 0 Å². The number of carbonyl (C=O) groups excluding carboxylic acids is 2. The molecule has 5 aromatic rings. The summed E-state index contributed by atoms with van der Waals surface area (Å²) in [5.74, 6) is -0.312. The summed E-state index contributed by atoms with van der Waals surface area (Å²) in [4.78, 5) is 31.5. The Hall–Kier alpha value is -5.12. The normalized spacial score (nSPS) is 22.3. The molecule has 8 rings (SSSR count). The van der Waals surface area contributed by atoms with E-state index in [4.69, 9.17) is 4.74 Å². The highest BCUT2D eigenvalue weighted by Gasteiger charge is 2.60. The molecule has 9 nitrogen and oxygen atoms in total. The molecule has 0 aliphatic carbocycles. The monoisotopic (exact) mass is 611 g/mol. The number of ether oxygens (including phenoxy) is 1. The molecule has 9 heteroatoms. The number of carbonyl (C=O) groups is 2. The first kappa shape index (κ1) is 28.4. The molecule has 0 saturated carbocycles. The predicted molar refractivity (Wildman–Crippen MR) is 175 cm³/mol. The molecule has 1 spiro atoms. The van der Waals surface area contributed by atoms with Crippen LogP contribution in [0.25, 0.3) is 10.8 Å². The van der Waals surface area contributed by atoms with Crippen molar-refractivity contribution in [2.45, 2.75) is 44.1 Å². The molecule has 0 unspecified atom stereocenters. The van der Waals surface area contributed by atoms with E-state index in [1.807, 2.05) is 84.9 Å². The van der Waals surface area contributed by atoms with Crippen LogP contribution in [0.3, 0.4) is 0 Å². The van der Waals surface area contributed by atoms with E-state index in [-0.39, 0.29) is 23.8 Å². The average Bonchev–Trinajstić information content (AvgIpc) is 3.82. The highest BCUT2D eigenvalue weighted by Crippen LogP contribution is 2.55. The van der Waals surface area contributed by atoms with Crippen molar-refractivity contribution < 1.29 is 19.4 Å². The van der Waals surface area contributed by atoms with Crippen LogP contribution in [0.1, 0.15) is 53.0 Å². The number of rotatable bonds is 8. The summed E-state index contributed by atoms with van der Waals surface area (Å²) in [6.45, 7) is 6.83. The van der Waals surface area contributed by atoms with Gasteiger partial charge in [-0.3, -0.25) is 19.2 Å². The van der Waals surface area contributed by atoms with Gasteiger partial charge in [0.25, 0.3) is 11.8 Å². The van der Waals surface area contributed by atoms with Crippen LogP contribution in [-0.4, -0.2) is 44.6 Å². The predicted octanol–water partition coefficient (Wildman–Crippen LogP) is 6.05. The molecule has 3 aliphatic heterocycles. The van der Waals surface area contributed by atoms with Gasteiger partial charge in [-0.15, -0.1) is 11.7 Å². The maximum atomic E-state index is 14.3. The number of aliphatic hydroxyl groups excluding tert-OH is 1. The van der Waals surface area contributed by atoms with E-state index in [9.17, 15) is 14.7 Å². The largest absolute Gasteiger partial charge is 0.382 e. The van der Waals surface area contributed by atoms with Gasteiger partial charge in [0.05, 0.1) is 29.2 Å². The van der Waals surface area contributed by atoms with Crippen molar-refractivity contribution in [2.24, 2.45) is 5.92 Å². The summed E-state index contributed by atoms with van der Waals surface area (Å²) in [7, 11) is 0. The SMILES string of the molecule is C=CCN1C(=O)[C@@]2(O[C@@H](CCn3cc([C@H](O)c4ccccc4)nn3)C[C@H]2C)c2cc(N3C(=O)c4cccc5cccc3c45)ccc21. The van der Waals surface area contributed by atoms with E-state index in [0.717, 1.165) is 33.3 Å². The first-order valence-electron chi connectivity index (χ1n) is 15.6. The molecule has 4 atom stereocenters. The van der Waals surface area contributed by atoms with Crippen molar-refractivity contribution >= 4 is 39.6 Å². The maximum absolute atomic E-state index is 14.3. The minimum absolute atomic E-state index is 0.0871. The number of fused-ring (bicyclic) bond motifs is 2. The molecule has 46 heavy (non-hydrogen) atoms.